The van der Waals surface area contributed by atoms with Gasteiger partial charge in [-0.25, -0.2) is 4.79 Å². The molecule has 5 heteroatoms. The van der Waals surface area contributed by atoms with E-state index >= 15 is 0 Å². The molecule has 2 heterocycles. The molecule has 0 spiro atoms. The number of amides is 1. The van der Waals surface area contributed by atoms with Gasteiger partial charge in [-0.05, 0) is 75.4 Å². The molecular formula is C23H28N2O3. The van der Waals surface area contributed by atoms with Crippen molar-refractivity contribution in [2.75, 3.05) is 6.54 Å². The third kappa shape index (κ3) is 3.23. The van der Waals surface area contributed by atoms with Gasteiger partial charge in [-0.2, -0.15) is 0 Å². The molecule has 0 saturated heterocycles. The molecule has 1 unspecified atom stereocenters. The number of carbonyl (C=O) groups excluding carboxylic acids is 1. The number of carbonyl (C=O) groups is 1. The number of fused-ring (bicyclic) bond motifs is 1. The van der Waals surface area contributed by atoms with Crippen LogP contribution in [-0.4, -0.2) is 33.2 Å². The predicted molar refractivity (Wildman–Crippen MR) is 107 cm³/mol. The van der Waals surface area contributed by atoms with Crippen molar-refractivity contribution >= 4 is 6.09 Å². The fraction of sp³-hybridized carbons (Fsp3) is 0.478. The normalized spacial score (nSPS) is 20.8. The van der Waals surface area contributed by atoms with Gasteiger partial charge in [-0.1, -0.05) is 18.6 Å². The number of rotatable bonds is 2. The van der Waals surface area contributed by atoms with Gasteiger partial charge in [-0.3, -0.25) is 9.88 Å². The summed E-state index contributed by atoms with van der Waals surface area (Å²) in [7, 11) is 0. The Balaban J connectivity index is 1.83. The molecule has 28 heavy (non-hydrogen) atoms. The summed E-state index contributed by atoms with van der Waals surface area (Å²) in [5, 5.41) is 10.2. The lowest BCUT2D eigenvalue weighted by atomic mass is 9.59. The van der Waals surface area contributed by atoms with Crippen LogP contribution in [0.5, 0.6) is 5.75 Å². The first-order valence-electron chi connectivity index (χ1n) is 10.0. The second-order valence-corrected chi connectivity index (χ2v) is 8.93. The van der Waals surface area contributed by atoms with Crippen LogP contribution in [0.1, 0.15) is 62.9 Å². The van der Waals surface area contributed by atoms with Crippen LogP contribution in [0, 0.1) is 0 Å². The van der Waals surface area contributed by atoms with Crippen molar-refractivity contribution < 1.29 is 14.6 Å². The molecule has 1 N–H and O–H groups in total. The Morgan fingerprint density at radius 2 is 2.04 bits per heavy atom. The maximum Gasteiger partial charge on any atom is 0.410 e. The van der Waals surface area contributed by atoms with Crippen LogP contribution in [-0.2, 0) is 16.6 Å². The first-order chi connectivity index (χ1) is 13.3. The zero-order chi connectivity index (χ0) is 19.9. The summed E-state index contributed by atoms with van der Waals surface area (Å²) in [4.78, 5) is 19.7. The Morgan fingerprint density at radius 1 is 1.25 bits per heavy atom. The SMILES string of the molecule is CC(C)(C)OC(=O)N1CCc2ccc(O)cc2C1C1(c2ccccn2)CCC1. The van der Waals surface area contributed by atoms with Gasteiger partial charge in [0, 0.05) is 23.9 Å². The molecule has 1 aliphatic heterocycles. The van der Waals surface area contributed by atoms with E-state index in [1.807, 2.05) is 56.1 Å². The molecule has 4 rings (SSSR count). The Kier molecular flexibility index (Phi) is 4.56. The molecule has 1 aliphatic carbocycles. The molecule has 1 aromatic heterocycles. The molecule has 1 saturated carbocycles. The van der Waals surface area contributed by atoms with Crippen molar-refractivity contribution in [3.05, 3.63) is 59.4 Å². The molecule has 1 amide bonds. The molecule has 1 aromatic carbocycles. The first-order valence-corrected chi connectivity index (χ1v) is 10.0. The third-order valence-corrected chi connectivity index (χ3v) is 5.93. The smallest absolute Gasteiger partial charge is 0.410 e. The van der Waals surface area contributed by atoms with Crippen molar-refractivity contribution in [1.29, 1.82) is 0 Å². The van der Waals surface area contributed by atoms with Crippen LogP contribution < -0.4 is 0 Å². The van der Waals surface area contributed by atoms with E-state index < -0.39 is 5.60 Å². The number of pyridine rings is 1. The van der Waals surface area contributed by atoms with Crippen LogP contribution in [0.25, 0.3) is 0 Å². The van der Waals surface area contributed by atoms with Crippen LogP contribution in [0.15, 0.2) is 42.6 Å². The molecule has 0 bridgehead atoms. The van der Waals surface area contributed by atoms with E-state index in [1.165, 1.54) is 5.56 Å². The number of ether oxygens (including phenoxy) is 1. The predicted octanol–water partition coefficient (Wildman–Crippen LogP) is 4.74. The Labute approximate surface area is 166 Å². The molecule has 0 radical (unpaired) electrons. The van der Waals surface area contributed by atoms with Crippen LogP contribution in [0.2, 0.25) is 0 Å². The van der Waals surface area contributed by atoms with Gasteiger partial charge in [-0.15, -0.1) is 0 Å². The zero-order valence-corrected chi connectivity index (χ0v) is 16.8. The van der Waals surface area contributed by atoms with E-state index in [1.54, 1.807) is 6.07 Å². The number of nitrogens with zero attached hydrogens (tertiary/aromatic N) is 2. The van der Waals surface area contributed by atoms with Gasteiger partial charge in [0.15, 0.2) is 0 Å². The minimum atomic E-state index is -0.557. The highest BCUT2D eigenvalue weighted by Crippen LogP contribution is 2.56. The Hall–Kier alpha value is -2.56. The molecule has 1 atom stereocenters. The maximum atomic E-state index is 13.2. The first kappa shape index (κ1) is 18.8. The van der Waals surface area contributed by atoms with E-state index in [9.17, 15) is 9.90 Å². The summed E-state index contributed by atoms with van der Waals surface area (Å²) in [5.74, 6) is 0.227. The van der Waals surface area contributed by atoms with Crippen LogP contribution in [0.4, 0.5) is 4.79 Å². The molecule has 148 valence electrons. The Bertz CT molecular complexity index is 869. The van der Waals surface area contributed by atoms with Gasteiger partial charge < -0.3 is 9.84 Å². The summed E-state index contributed by atoms with van der Waals surface area (Å²) in [6.07, 6.45) is 5.30. The molecule has 5 nitrogen and oxygen atoms in total. The zero-order valence-electron chi connectivity index (χ0n) is 16.8. The van der Waals surface area contributed by atoms with Gasteiger partial charge in [0.1, 0.15) is 11.4 Å². The average molecular weight is 380 g/mol. The molecule has 2 aliphatic rings. The van der Waals surface area contributed by atoms with Crippen LogP contribution >= 0.6 is 0 Å². The molecule has 1 fully saturated rings. The highest BCUT2D eigenvalue weighted by molar-refractivity contribution is 5.70. The maximum absolute atomic E-state index is 13.2. The summed E-state index contributed by atoms with van der Waals surface area (Å²) >= 11 is 0. The van der Waals surface area contributed by atoms with Crippen molar-refractivity contribution in [2.24, 2.45) is 0 Å². The standard InChI is InChI=1S/C23H28N2O3/c1-22(2,3)28-21(27)25-14-10-16-8-9-17(26)15-18(16)20(25)23(11-6-12-23)19-7-4-5-13-24-19/h4-5,7-9,13,15,20,26H,6,10-12,14H2,1-3H3. The Morgan fingerprint density at radius 3 is 2.64 bits per heavy atom. The number of hydrogen-bond donors (Lipinski definition) is 1. The number of hydrogen-bond acceptors (Lipinski definition) is 4. The van der Waals surface area contributed by atoms with E-state index in [0.717, 1.165) is 36.9 Å². The summed E-state index contributed by atoms with van der Waals surface area (Å²) in [6, 6.07) is 11.3. The van der Waals surface area contributed by atoms with E-state index in [4.69, 9.17) is 4.74 Å². The van der Waals surface area contributed by atoms with Crippen LogP contribution in [0.3, 0.4) is 0 Å². The van der Waals surface area contributed by atoms with E-state index in [2.05, 4.69) is 11.1 Å². The summed E-state index contributed by atoms with van der Waals surface area (Å²) < 4.78 is 5.76. The minimum Gasteiger partial charge on any atom is -0.508 e. The molecule has 2 aromatic rings. The fourth-order valence-corrected chi connectivity index (χ4v) is 4.60. The fourth-order valence-electron chi connectivity index (χ4n) is 4.60. The lowest BCUT2D eigenvalue weighted by Crippen LogP contribution is -2.54. The number of phenols is 1. The quantitative estimate of drug-likeness (QED) is 0.817. The van der Waals surface area contributed by atoms with Gasteiger partial charge >= 0.3 is 6.09 Å². The number of benzene rings is 1. The highest BCUT2D eigenvalue weighted by atomic mass is 16.6. The summed E-state index contributed by atoms with van der Waals surface area (Å²) in [6.45, 7) is 6.27. The lowest BCUT2D eigenvalue weighted by Gasteiger charge is -2.53. The van der Waals surface area contributed by atoms with Gasteiger partial charge in [0.25, 0.3) is 0 Å². The van der Waals surface area contributed by atoms with E-state index in [-0.39, 0.29) is 23.3 Å². The number of aromatic hydroxyl groups is 1. The lowest BCUT2D eigenvalue weighted by molar-refractivity contribution is -0.00894. The second kappa shape index (κ2) is 6.80. The van der Waals surface area contributed by atoms with Gasteiger partial charge in [0.2, 0.25) is 0 Å². The van der Waals surface area contributed by atoms with Crippen molar-refractivity contribution in [2.45, 2.75) is 63.5 Å². The average Bonchev–Trinajstić information content (AvgIpc) is 2.60. The van der Waals surface area contributed by atoms with E-state index in [0.29, 0.717) is 6.54 Å². The highest BCUT2D eigenvalue weighted by Gasteiger charge is 2.53. The van der Waals surface area contributed by atoms with Crippen molar-refractivity contribution in [1.82, 2.24) is 9.88 Å². The van der Waals surface area contributed by atoms with Crippen molar-refractivity contribution in [3.63, 3.8) is 0 Å². The third-order valence-electron chi connectivity index (χ3n) is 5.93. The van der Waals surface area contributed by atoms with Gasteiger partial charge in [0.05, 0.1) is 6.04 Å². The minimum absolute atomic E-state index is 0.193. The topological polar surface area (TPSA) is 62.7 Å². The largest absolute Gasteiger partial charge is 0.508 e. The summed E-state index contributed by atoms with van der Waals surface area (Å²) in [5.41, 5.74) is 2.41. The van der Waals surface area contributed by atoms with Crippen molar-refractivity contribution in [3.8, 4) is 5.75 Å². The number of phenolic OH excluding ortho intramolecular Hbond substituents is 1. The number of aromatic nitrogens is 1. The second-order valence-electron chi connectivity index (χ2n) is 8.93. The monoisotopic (exact) mass is 380 g/mol. The molecular weight excluding hydrogens is 352 g/mol.